The number of β-amino-alcohol motifs (C(OH)–C–C–N with tert-alkyl or cyclic N) is 1. The normalized spacial score (nSPS) is 19.9. The minimum atomic E-state index is -0.619. The summed E-state index contributed by atoms with van der Waals surface area (Å²) in [5, 5.41) is 9.93. The number of para-hydroxylation sites is 1. The summed E-state index contributed by atoms with van der Waals surface area (Å²) in [6.07, 6.45) is -0.143. The highest BCUT2D eigenvalue weighted by molar-refractivity contribution is 5.77. The zero-order valence-electron chi connectivity index (χ0n) is 13.6. The van der Waals surface area contributed by atoms with E-state index in [1.165, 1.54) is 24.3 Å². The van der Waals surface area contributed by atoms with E-state index in [1.807, 2.05) is 0 Å². The van der Waals surface area contributed by atoms with Crippen LogP contribution in [-0.2, 0) is 4.79 Å². The van der Waals surface area contributed by atoms with Crippen molar-refractivity contribution >= 4 is 5.91 Å². The molecule has 1 saturated heterocycles. The van der Waals surface area contributed by atoms with E-state index in [9.17, 15) is 18.7 Å². The van der Waals surface area contributed by atoms with Crippen molar-refractivity contribution in [1.29, 1.82) is 0 Å². The lowest BCUT2D eigenvalue weighted by Gasteiger charge is -2.25. The summed E-state index contributed by atoms with van der Waals surface area (Å²) in [6.45, 7) is 0.267. The van der Waals surface area contributed by atoms with Crippen molar-refractivity contribution in [3.63, 3.8) is 0 Å². The number of hydrogen-bond acceptors (Lipinski definition) is 3. The Morgan fingerprint density at radius 1 is 1.16 bits per heavy atom. The van der Waals surface area contributed by atoms with Crippen LogP contribution >= 0.6 is 0 Å². The van der Waals surface area contributed by atoms with Crippen LogP contribution in [0.3, 0.4) is 0 Å². The number of carbonyl (C=O) groups is 1. The molecule has 2 atom stereocenters. The molecule has 0 spiro atoms. The molecule has 4 nitrogen and oxygen atoms in total. The van der Waals surface area contributed by atoms with Crippen LogP contribution in [0.5, 0.6) is 5.75 Å². The number of benzene rings is 2. The van der Waals surface area contributed by atoms with Gasteiger partial charge in [-0.25, -0.2) is 8.78 Å². The third-order valence-electron chi connectivity index (χ3n) is 4.26. The van der Waals surface area contributed by atoms with Crippen LogP contribution in [0.15, 0.2) is 48.5 Å². The summed E-state index contributed by atoms with van der Waals surface area (Å²) < 4.78 is 31.9. The average Bonchev–Trinajstić information content (AvgIpc) is 2.99. The molecule has 2 aromatic carbocycles. The number of hydrogen-bond donors (Lipinski definition) is 1. The second kappa shape index (κ2) is 7.61. The fourth-order valence-corrected chi connectivity index (χ4v) is 3.04. The Hall–Kier alpha value is -2.47. The van der Waals surface area contributed by atoms with Gasteiger partial charge in [0.05, 0.1) is 25.2 Å². The van der Waals surface area contributed by atoms with Gasteiger partial charge in [-0.1, -0.05) is 24.3 Å². The largest absolute Gasteiger partial charge is 0.490 e. The first-order valence-electron chi connectivity index (χ1n) is 8.15. The molecule has 25 heavy (non-hydrogen) atoms. The molecule has 1 aliphatic rings. The average molecular weight is 347 g/mol. The Morgan fingerprint density at radius 2 is 1.88 bits per heavy atom. The molecule has 1 amide bonds. The van der Waals surface area contributed by atoms with Gasteiger partial charge in [-0.3, -0.25) is 4.79 Å². The monoisotopic (exact) mass is 347 g/mol. The molecule has 1 heterocycles. The SMILES string of the molecule is O=C(CCOc1ccccc1F)N1CC(O)CC1c1ccc(F)cc1. The van der Waals surface area contributed by atoms with Crippen LogP contribution in [0.25, 0.3) is 0 Å². The third-order valence-corrected chi connectivity index (χ3v) is 4.26. The minimum Gasteiger partial charge on any atom is -0.490 e. The topological polar surface area (TPSA) is 49.8 Å². The van der Waals surface area contributed by atoms with Crippen LogP contribution in [-0.4, -0.2) is 35.2 Å². The summed E-state index contributed by atoms with van der Waals surface area (Å²) in [5.41, 5.74) is 0.779. The molecule has 6 heteroatoms. The number of ether oxygens (including phenoxy) is 1. The molecular weight excluding hydrogens is 328 g/mol. The zero-order valence-corrected chi connectivity index (χ0v) is 13.6. The summed E-state index contributed by atoms with van der Waals surface area (Å²) >= 11 is 0. The van der Waals surface area contributed by atoms with Crippen molar-refractivity contribution in [1.82, 2.24) is 4.90 Å². The van der Waals surface area contributed by atoms with E-state index in [2.05, 4.69) is 0 Å². The van der Waals surface area contributed by atoms with Gasteiger partial charge in [-0.2, -0.15) is 0 Å². The molecule has 0 bridgehead atoms. The quantitative estimate of drug-likeness (QED) is 0.904. The molecule has 0 aromatic heterocycles. The number of aliphatic hydroxyl groups is 1. The second-order valence-corrected chi connectivity index (χ2v) is 6.03. The predicted octanol–water partition coefficient (Wildman–Crippen LogP) is 3.07. The molecule has 1 fully saturated rings. The summed E-state index contributed by atoms with van der Waals surface area (Å²) in [6, 6.07) is 11.6. The Balaban J connectivity index is 1.61. The number of likely N-dealkylation sites (tertiary alicyclic amines) is 1. The Labute approximate surface area is 144 Å². The molecule has 0 aliphatic carbocycles. The maximum absolute atomic E-state index is 13.5. The van der Waals surface area contributed by atoms with Gasteiger partial charge < -0.3 is 14.7 Å². The van der Waals surface area contributed by atoms with E-state index in [-0.39, 0.29) is 43.1 Å². The number of halogens is 2. The van der Waals surface area contributed by atoms with Crippen molar-refractivity contribution in [2.24, 2.45) is 0 Å². The second-order valence-electron chi connectivity index (χ2n) is 6.03. The Morgan fingerprint density at radius 3 is 2.60 bits per heavy atom. The number of carbonyl (C=O) groups excluding carboxylic acids is 1. The summed E-state index contributed by atoms with van der Waals surface area (Å²) in [7, 11) is 0. The highest BCUT2D eigenvalue weighted by Gasteiger charge is 2.34. The molecule has 3 rings (SSSR count). The van der Waals surface area contributed by atoms with Gasteiger partial charge in [0.25, 0.3) is 0 Å². The molecule has 2 unspecified atom stereocenters. The maximum Gasteiger partial charge on any atom is 0.226 e. The minimum absolute atomic E-state index is 0.0441. The first-order valence-corrected chi connectivity index (χ1v) is 8.15. The first kappa shape index (κ1) is 17.4. The first-order chi connectivity index (χ1) is 12.0. The van der Waals surface area contributed by atoms with Gasteiger partial charge in [-0.15, -0.1) is 0 Å². The molecule has 0 saturated carbocycles. The molecule has 1 aliphatic heterocycles. The van der Waals surface area contributed by atoms with Crippen LogP contribution in [0.1, 0.15) is 24.4 Å². The van der Waals surface area contributed by atoms with Crippen LogP contribution < -0.4 is 4.74 Å². The van der Waals surface area contributed by atoms with E-state index >= 15 is 0 Å². The van der Waals surface area contributed by atoms with Gasteiger partial charge in [-0.05, 0) is 36.2 Å². The van der Waals surface area contributed by atoms with Gasteiger partial charge in [0.15, 0.2) is 11.6 Å². The Bertz CT molecular complexity index is 736. The van der Waals surface area contributed by atoms with E-state index in [0.717, 1.165) is 5.56 Å². The van der Waals surface area contributed by atoms with Crippen molar-refractivity contribution in [3.8, 4) is 5.75 Å². The smallest absolute Gasteiger partial charge is 0.226 e. The number of nitrogens with zero attached hydrogens (tertiary/aromatic N) is 1. The summed E-state index contributed by atoms with van der Waals surface area (Å²) in [5.74, 6) is -0.914. The number of amides is 1. The van der Waals surface area contributed by atoms with Crippen molar-refractivity contribution < 1.29 is 23.4 Å². The lowest BCUT2D eigenvalue weighted by atomic mass is 10.0. The van der Waals surface area contributed by atoms with E-state index < -0.39 is 11.9 Å². The standard InChI is InChI=1S/C19H19F2NO3/c20-14-7-5-13(6-8-14)17-11-15(23)12-22(17)19(24)9-10-25-18-4-2-1-3-16(18)21/h1-8,15,17,23H,9-12H2. The molecular formula is C19H19F2NO3. The van der Waals surface area contributed by atoms with Gasteiger partial charge in [0.2, 0.25) is 5.91 Å². The molecule has 0 radical (unpaired) electrons. The fraction of sp³-hybridized carbons (Fsp3) is 0.316. The summed E-state index contributed by atoms with van der Waals surface area (Å²) in [4.78, 5) is 14.1. The zero-order chi connectivity index (χ0) is 17.8. The van der Waals surface area contributed by atoms with Crippen molar-refractivity contribution in [3.05, 3.63) is 65.7 Å². The van der Waals surface area contributed by atoms with Crippen molar-refractivity contribution in [2.75, 3.05) is 13.2 Å². The fourth-order valence-electron chi connectivity index (χ4n) is 3.04. The van der Waals surface area contributed by atoms with Crippen LogP contribution in [0, 0.1) is 11.6 Å². The highest BCUT2D eigenvalue weighted by Crippen LogP contribution is 2.32. The van der Waals surface area contributed by atoms with Crippen LogP contribution in [0.4, 0.5) is 8.78 Å². The lowest BCUT2D eigenvalue weighted by molar-refractivity contribution is -0.133. The molecule has 132 valence electrons. The Kier molecular flexibility index (Phi) is 5.28. The number of rotatable bonds is 5. The van der Waals surface area contributed by atoms with Gasteiger partial charge in [0.1, 0.15) is 5.82 Å². The van der Waals surface area contributed by atoms with Gasteiger partial charge >= 0.3 is 0 Å². The third kappa shape index (κ3) is 4.14. The maximum atomic E-state index is 13.5. The van der Waals surface area contributed by atoms with E-state index in [4.69, 9.17) is 4.74 Å². The van der Waals surface area contributed by atoms with Crippen molar-refractivity contribution in [2.45, 2.75) is 25.0 Å². The van der Waals surface area contributed by atoms with E-state index in [1.54, 1.807) is 29.2 Å². The highest BCUT2D eigenvalue weighted by atomic mass is 19.1. The predicted molar refractivity (Wildman–Crippen MR) is 88.0 cm³/mol. The molecule has 2 aromatic rings. The van der Waals surface area contributed by atoms with Gasteiger partial charge in [0, 0.05) is 6.54 Å². The molecule has 1 N–H and O–H groups in total. The lowest BCUT2D eigenvalue weighted by Crippen LogP contribution is -2.32. The van der Waals surface area contributed by atoms with E-state index in [0.29, 0.717) is 6.42 Å². The number of aliphatic hydroxyl groups excluding tert-OH is 1. The van der Waals surface area contributed by atoms with Crippen LogP contribution in [0.2, 0.25) is 0 Å².